The number of piperidine rings is 1. The van der Waals surface area contributed by atoms with Gasteiger partial charge >= 0.3 is 0 Å². The smallest absolute Gasteiger partial charge is 0.256 e. The maximum Gasteiger partial charge on any atom is 0.256 e. The van der Waals surface area contributed by atoms with Gasteiger partial charge in [-0.15, -0.1) is 0 Å². The van der Waals surface area contributed by atoms with E-state index < -0.39 is 10.0 Å². The van der Waals surface area contributed by atoms with Gasteiger partial charge < -0.3 is 20.4 Å². The van der Waals surface area contributed by atoms with Crippen LogP contribution >= 0.6 is 0 Å². The number of aliphatic hydroxyl groups excluding tert-OH is 2. The van der Waals surface area contributed by atoms with Crippen LogP contribution in [-0.2, 0) is 10.0 Å². The Labute approximate surface area is 222 Å². The molecular weight excluding hydrogens is 506 g/mol. The van der Waals surface area contributed by atoms with Gasteiger partial charge in [0.1, 0.15) is 11.6 Å². The van der Waals surface area contributed by atoms with Crippen molar-refractivity contribution in [3.63, 3.8) is 0 Å². The molecule has 4 heterocycles. The van der Waals surface area contributed by atoms with Crippen LogP contribution in [0.3, 0.4) is 0 Å². The first kappa shape index (κ1) is 26.1. The van der Waals surface area contributed by atoms with Crippen LogP contribution in [0.15, 0.2) is 36.9 Å². The van der Waals surface area contributed by atoms with Crippen LogP contribution in [-0.4, -0.2) is 74.3 Å². The van der Waals surface area contributed by atoms with Crippen LogP contribution in [0, 0.1) is 17.3 Å². The van der Waals surface area contributed by atoms with Crippen LogP contribution < -0.4 is 10.2 Å². The van der Waals surface area contributed by atoms with Crippen molar-refractivity contribution in [2.75, 3.05) is 36.5 Å². The average molecular weight is 538 g/mol. The molecule has 5 rings (SSSR count). The molecule has 1 aliphatic heterocycles. The minimum Gasteiger partial charge on any atom is -0.396 e. The Morgan fingerprint density at radius 1 is 1.16 bits per heavy atom. The Balaban J connectivity index is 1.38. The van der Waals surface area contributed by atoms with Gasteiger partial charge in [-0.3, -0.25) is 0 Å². The third kappa shape index (κ3) is 5.65. The summed E-state index contributed by atoms with van der Waals surface area (Å²) in [7, 11) is -3.47. The Morgan fingerprint density at radius 2 is 1.95 bits per heavy atom. The summed E-state index contributed by atoms with van der Waals surface area (Å²) in [6, 6.07) is 3.63. The topological polar surface area (TPSA) is 146 Å². The van der Waals surface area contributed by atoms with Gasteiger partial charge in [0.2, 0.25) is 0 Å². The van der Waals surface area contributed by atoms with Crippen molar-refractivity contribution >= 4 is 27.3 Å². The second-order valence-corrected chi connectivity index (χ2v) is 12.1. The van der Waals surface area contributed by atoms with Crippen molar-refractivity contribution in [3.8, 4) is 23.2 Å². The summed E-state index contributed by atoms with van der Waals surface area (Å²) in [5, 5.41) is 25.8. The highest BCUT2D eigenvalue weighted by Gasteiger charge is 2.37. The molecule has 0 amide bonds. The Morgan fingerprint density at radius 3 is 2.66 bits per heavy atom. The first-order valence-electron chi connectivity index (χ1n) is 12.7. The van der Waals surface area contributed by atoms with Gasteiger partial charge in [0.25, 0.3) is 10.0 Å². The van der Waals surface area contributed by atoms with Crippen LogP contribution in [0.2, 0.25) is 0 Å². The van der Waals surface area contributed by atoms with Crippen molar-refractivity contribution in [1.82, 2.24) is 24.1 Å². The van der Waals surface area contributed by atoms with Gasteiger partial charge in [0, 0.05) is 44.6 Å². The lowest BCUT2D eigenvalue weighted by molar-refractivity contribution is 0.115. The highest BCUT2D eigenvalue weighted by molar-refractivity contribution is 7.90. The molecular formula is C26H31N7O4S. The van der Waals surface area contributed by atoms with E-state index in [1.54, 1.807) is 18.5 Å². The molecule has 1 saturated heterocycles. The van der Waals surface area contributed by atoms with Gasteiger partial charge in [-0.1, -0.05) is 18.8 Å². The third-order valence-corrected chi connectivity index (χ3v) is 9.01. The van der Waals surface area contributed by atoms with E-state index in [2.05, 4.69) is 49.0 Å². The molecule has 1 saturated carbocycles. The van der Waals surface area contributed by atoms with Crippen molar-refractivity contribution in [2.45, 2.75) is 44.3 Å². The fraction of sp³-hybridized carbons (Fsp3) is 0.462. The molecule has 3 aromatic heterocycles. The minimum atomic E-state index is -3.47. The van der Waals surface area contributed by atoms with Gasteiger partial charge in [0.05, 0.1) is 41.1 Å². The Bertz CT molecular complexity index is 1470. The summed E-state index contributed by atoms with van der Waals surface area (Å²) in [6.45, 7) is 3.81. The number of pyridine rings is 1. The van der Waals surface area contributed by atoms with E-state index in [1.165, 1.54) is 12.4 Å². The van der Waals surface area contributed by atoms with Gasteiger partial charge in [-0.25, -0.2) is 23.4 Å². The van der Waals surface area contributed by atoms with Gasteiger partial charge in [-0.05, 0) is 37.2 Å². The molecule has 3 N–H and O–H groups in total. The van der Waals surface area contributed by atoms with E-state index in [-0.39, 0.29) is 23.9 Å². The summed E-state index contributed by atoms with van der Waals surface area (Å²) >= 11 is 0. The number of anilines is 3. The average Bonchev–Trinajstić information content (AvgIpc) is 3.67. The fourth-order valence-electron chi connectivity index (χ4n) is 4.31. The standard InChI is InChI=1S/C26H31N7O4S/c1-26(18-35)8-11-32(12-9-26)22-14-24(28-15-19(22)4-2-3-13-34)30-23-7-10-27-25(31-23)20-16-29-33(17-20)38(36,37)21-5-6-21/h7,10,14-17,21,34-35H,3,5-6,8-9,11-13,18H2,1H3,(H,27,28,30,31). The molecule has 3 aromatic rings. The van der Waals surface area contributed by atoms with Gasteiger partial charge in [-0.2, -0.15) is 9.19 Å². The number of hydrogen-bond donors (Lipinski definition) is 3. The van der Waals surface area contributed by atoms with Gasteiger partial charge in [0.15, 0.2) is 5.82 Å². The van der Waals surface area contributed by atoms with E-state index in [0.29, 0.717) is 42.3 Å². The lowest BCUT2D eigenvalue weighted by Gasteiger charge is -2.39. The molecule has 0 unspecified atom stereocenters. The Kier molecular flexibility index (Phi) is 7.34. The van der Waals surface area contributed by atoms with E-state index >= 15 is 0 Å². The quantitative estimate of drug-likeness (QED) is 0.365. The van der Waals surface area contributed by atoms with E-state index in [9.17, 15) is 13.5 Å². The molecule has 1 aliphatic carbocycles. The third-order valence-electron chi connectivity index (χ3n) is 6.97. The molecule has 2 aliphatic rings. The Hall–Kier alpha value is -3.53. The van der Waals surface area contributed by atoms with E-state index in [4.69, 9.17) is 5.11 Å². The SMILES string of the molecule is CC1(CO)CCN(c2cc(Nc3ccnc(-c4cnn(S(=O)(=O)C5CC5)c4)n3)ncc2C#CCCO)CC1. The zero-order chi connectivity index (χ0) is 26.8. The molecule has 0 aromatic carbocycles. The summed E-state index contributed by atoms with van der Waals surface area (Å²) in [4.78, 5) is 15.6. The predicted molar refractivity (Wildman–Crippen MR) is 143 cm³/mol. The number of aromatic nitrogens is 5. The highest BCUT2D eigenvalue weighted by Crippen LogP contribution is 2.34. The second kappa shape index (κ2) is 10.7. The summed E-state index contributed by atoms with van der Waals surface area (Å²) in [5.74, 6) is 7.51. The van der Waals surface area contributed by atoms with Crippen LogP contribution in [0.4, 0.5) is 17.3 Å². The fourth-order valence-corrected chi connectivity index (χ4v) is 5.78. The molecule has 200 valence electrons. The predicted octanol–water partition coefficient (Wildman–Crippen LogP) is 2.15. The number of aliphatic hydroxyl groups is 2. The van der Waals surface area contributed by atoms with Crippen LogP contribution in [0.1, 0.15) is 44.6 Å². The van der Waals surface area contributed by atoms with Crippen molar-refractivity contribution in [2.24, 2.45) is 5.41 Å². The molecule has 11 nitrogen and oxygen atoms in total. The number of nitrogens with one attached hydrogen (secondary N) is 1. The monoisotopic (exact) mass is 537 g/mol. The van der Waals surface area contributed by atoms with E-state index in [1.807, 2.05) is 6.07 Å². The maximum atomic E-state index is 12.5. The second-order valence-electron chi connectivity index (χ2n) is 10.1. The van der Waals surface area contributed by atoms with Crippen LogP contribution in [0.25, 0.3) is 11.4 Å². The summed E-state index contributed by atoms with van der Waals surface area (Å²) in [5.41, 5.74) is 2.11. The first-order chi connectivity index (χ1) is 18.3. The van der Waals surface area contributed by atoms with Crippen molar-refractivity contribution in [3.05, 3.63) is 42.5 Å². The van der Waals surface area contributed by atoms with Crippen molar-refractivity contribution < 1.29 is 18.6 Å². The highest BCUT2D eigenvalue weighted by atomic mass is 32.2. The lowest BCUT2D eigenvalue weighted by Crippen LogP contribution is -2.40. The lowest BCUT2D eigenvalue weighted by atomic mass is 9.81. The molecule has 12 heteroatoms. The maximum absolute atomic E-state index is 12.5. The number of rotatable bonds is 8. The molecule has 0 spiro atoms. The number of nitrogens with zero attached hydrogens (tertiary/aromatic N) is 6. The zero-order valence-electron chi connectivity index (χ0n) is 21.2. The summed E-state index contributed by atoms with van der Waals surface area (Å²) < 4.78 is 26.0. The molecule has 2 fully saturated rings. The first-order valence-corrected chi connectivity index (χ1v) is 14.2. The summed E-state index contributed by atoms with van der Waals surface area (Å²) in [6.07, 6.45) is 9.60. The molecule has 0 radical (unpaired) electrons. The van der Waals surface area contributed by atoms with E-state index in [0.717, 1.165) is 41.3 Å². The minimum absolute atomic E-state index is 0.00453. The van der Waals surface area contributed by atoms with Crippen LogP contribution in [0.5, 0.6) is 0 Å². The number of hydrogen-bond acceptors (Lipinski definition) is 10. The molecule has 0 atom stereocenters. The normalized spacial score (nSPS) is 17.1. The van der Waals surface area contributed by atoms with Crippen molar-refractivity contribution in [1.29, 1.82) is 0 Å². The zero-order valence-corrected chi connectivity index (χ0v) is 22.0. The molecule has 38 heavy (non-hydrogen) atoms. The largest absolute Gasteiger partial charge is 0.396 e. The molecule has 0 bridgehead atoms.